The molecule has 0 bridgehead atoms. The zero-order chi connectivity index (χ0) is 12.1. The molecule has 1 N–H and O–H groups in total. The summed E-state index contributed by atoms with van der Waals surface area (Å²) < 4.78 is 25.9. The highest BCUT2D eigenvalue weighted by Crippen LogP contribution is 2.19. The minimum absolute atomic E-state index is 0.0699. The van der Waals surface area contributed by atoms with Crippen LogP contribution in [-0.2, 0) is 0 Å². The minimum Gasteiger partial charge on any atom is -0.276 e. The number of hydrazone groups is 1. The van der Waals surface area contributed by atoms with Gasteiger partial charge in [0.05, 0.1) is 5.69 Å². The van der Waals surface area contributed by atoms with Crippen molar-refractivity contribution in [3.05, 3.63) is 29.3 Å². The first-order valence-corrected chi connectivity index (χ1v) is 4.18. The monoisotopic (exact) mass is 220 g/mol. The summed E-state index contributed by atoms with van der Waals surface area (Å²) in [5, 5.41) is 20.2. The van der Waals surface area contributed by atoms with Crippen molar-refractivity contribution in [3.8, 4) is 12.1 Å². The molecule has 6 heteroatoms. The van der Waals surface area contributed by atoms with E-state index in [1.54, 1.807) is 0 Å². The molecule has 1 aromatic rings. The predicted octanol–water partition coefficient (Wildman–Crippen LogP) is 2.09. The number of nitrogens with zero attached hydrogens (tertiary/aromatic N) is 3. The highest BCUT2D eigenvalue weighted by molar-refractivity contribution is 6.10. The normalized spacial score (nSPS) is 8.81. The molecule has 1 rings (SSSR count). The summed E-state index contributed by atoms with van der Waals surface area (Å²) in [6.45, 7) is 1.42. The maximum absolute atomic E-state index is 13.1. The molecule has 0 atom stereocenters. The molecule has 0 heterocycles. The van der Waals surface area contributed by atoms with E-state index in [0.717, 1.165) is 12.1 Å². The number of nitrogens with one attached hydrogen (secondary N) is 1. The molecule has 0 aliphatic carbocycles. The van der Waals surface area contributed by atoms with Gasteiger partial charge in [-0.3, -0.25) is 5.43 Å². The third-order valence-electron chi connectivity index (χ3n) is 1.81. The first kappa shape index (κ1) is 11.6. The van der Waals surface area contributed by atoms with Crippen molar-refractivity contribution in [2.45, 2.75) is 6.92 Å². The van der Waals surface area contributed by atoms with Gasteiger partial charge in [-0.1, -0.05) is 0 Å². The van der Waals surface area contributed by atoms with E-state index in [1.165, 1.54) is 19.1 Å². The molecule has 0 saturated carbocycles. The second kappa shape index (κ2) is 4.85. The van der Waals surface area contributed by atoms with E-state index >= 15 is 0 Å². The molecule has 0 fully saturated rings. The molecule has 0 aromatic heterocycles. The molecule has 4 nitrogen and oxygen atoms in total. The molecule has 0 unspecified atom stereocenters. The molecule has 1 aromatic carbocycles. The Morgan fingerprint density at radius 3 is 2.50 bits per heavy atom. The number of hydrogen-bond acceptors (Lipinski definition) is 4. The van der Waals surface area contributed by atoms with Crippen molar-refractivity contribution in [2.75, 3.05) is 5.43 Å². The maximum atomic E-state index is 13.1. The van der Waals surface area contributed by atoms with Gasteiger partial charge in [0.25, 0.3) is 0 Å². The van der Waals surface area contributed by atoms with Gasteiger partial charge < -0.3 is 0 Å². The van der Waals surface area contributed by atoms with E-state index in [2.05, 4.69) is 10.5 Å². The van der Waals surface area contributed by atoms with Gasteiger partial charge >= 0.3 is 0 Å². The van der Waals surface area contributed by atoms with Crippen LogP contribution in [0.2, 0.25) is 0 Å². The average Bonchev–Trinajstić information content (AvgIpc) is 2.26. The Balaban J connectivity index is 3.05. The van der Waals surface area contributed by atoms with Crippen molar-refractivity contribution in [1.82, 2.24) is 0 Å². The van der Waals surface area contributed by atoms with E-state index < -0.39 is 17.3 Å². The first-order valence-electron chi connectivity index (χ1n) is 4.18. The Hall–Kier alpha value is -2.47. The zero-order valence-corrected chi connectivity index (χ0v) is 8.25. The quantitative estimate of drug-likeness (QED) is 0.612. The largest absolute Gasteiger partial charge is 0.276 e. The van der Waals surface area contributed by atoms with Crippen molar-refractivity contribution in [2.24, 2.45) is 5.10 Å². The topological polar surface area (TPSA) is 72.0 Å². The highest BCUT2D eigenvalue weighted by atomic mass is 19.1. The van der Waals surface area contributed by atoms with Crippen LogP contribution in [0.1, 0.15) is 5.56 Å². The number of hydrogen-bond donors (Lipinski definition) is 1. The molecule has 0 spiro atoms. The lowest BCUT2D eigenvalue weighted by molar-refractivity contribution is 0.578. The number of halogens is 2. The Labute approximate surface area is 90.4 Å². The van der Waals surface area contributed by atoms with Crippen molar-refractivity contribution in [1.29, 1.82) is 10.5 Å². The fourth-order valence-electron chi connectivity index (χ4n) is 0.953. The van der Waals surface area contributed by atoms with Gasteiger partial charge in [-0.2, -0.15) is 15.6 Å². The smallest absolute Gasteiger partial charge is 0.237 e. The van der Waals surface area contributed by atoms with Crippen LogP contribution in [0.25, 0.3) is 0 Å². The first-order chi connectivity index (χ1) is 7.58. The molecule has 16 heavy (non-hydrogen) atoms. The van der Waals surface area contributed by atoms with E-state index in [4.69, 9.17) is 10.5 Å². The second-order valence-electron chi connectivity index (χ2n) is 2.86. The van der Waals surface area contributed by atoms with Crippen molar-refractivity contribution in [3.63, 3.8) is 0 Å². The Kier molecular flexibility index (Phi) is 3.52. The van der Waals surface area contributed by atoms with Crippen LogP contribution in [0.15, 0.2) is 17.2 Å². The van der Waals surface area contributed by atoms with Gasteiger partial charge in [0.15, 0.2) is 0 Å². The average molecular weight is 220 g/mol. The molecule has 0 aliphatic rings. The lowest BCUT2D eigenvalue weighted by Crippen LogP contribution is -2.00. The molecule has 0 saturated heterocycles. The number of nitriles is 2. The summed E-state index contributed by atoms with van der Waals surface area (Å²) in [7, 11) is 0. The summed E-state index contributed by atoms with van der Waals surface area (Å²) in [6, 6.07) is 4.78. The van der Waals surface area contributed by atoms with Crippen LogP contribution in [0.5, 0.6) is 0 Å². The number of rotatable bonds is 2. The van der Waals surface area contributed by atoms with Crippen molar-refractivity contribution < 1.29 is 8.78 Å². The maximum Gasteiger partial charge on any atom is 0.237 e. The fraction of sp³-hybridized carbons (Fsp3) is 0.100. The molecule has 0 aliphatic heterocycles. The van der Waals surface area contributed by atoms with Gasteiger partial charge in [-0.15, -0.1) is 0 Å². The third kappa shape index (κ3) is 2.52. The van der Waals surface area contributed by atoms with E-state index in [1.807, 2.05) is 0 Å². The highest BCUT2D eigenvalue weighted by Gasteiger charge is 2.06. The Morgan fingerprint density at radius 1 is 1.31 bits per heavy atom. The summed E-state index contributed by atoms with van der Waals surface area (Å²) in [4.78, 5) is 0. The fourth-order valence-corrected chi connectivity index (χ4v) is 0.953. The lowest BCUT2D eigenvalue weighted by atomic mass is 10.2. The van der Waals surface area contributed by atoms with Crippen LogP contribution in [0.4, 0.5) is 14.5 Å². The lowest BCUT2D eigenvalue weighted by Gasteiger charge is -2.05. The van der Waals surface area contributed by atoms with Gasteiger partial charge in [0.1, 0.15) is 23.8 Å². The van der Waals surface area contributed by atoms with E-state index in [-0.39, 0.29) is 11.3 Å². The van der Waals surface area contributed by atoms with Gasteiger partial charge in [-0.05, 0) is 13.0 Å². The van der Waals surface area contributed by atoms with Gasteiger partial charge in [0, 0.05) is 11.6 Å². The summed E-state index contributed by atoms with van der Waals surface area (Å²) in [5.41, 5.74) is 2.06. The Bertz CT molecular complexity index is 507. The van der Waals surface area contributed by atoms with Crippen LogP contribution in [0, 0.1) is 41.2 Å². The summed E-state index contributed by atoms with van der Waals surface area (Å²) >= 11 is 0. The van der Waals surface area contributed by atoms with Crippen molar-refractivity contribution >= 4 is 11.4 Å². The minimum atomic E-state index is -0.767. The summed E-state index contributed by atoms with van der Waals surface area (Å²) in [6.07, 6.45) is 0. The van der Waals surface area contributed by atoms with Crippen LogP contribution in [0.3, 0.4) is 0 Å². The predicted molar refractivity (Wildman–Crippen MR) is 53.4 cm³/mol. The Morgan fingerprint density at radius 2 is 1.94 bits per heavy atom. The zero-order valence-electron chi connectivity index (χ0n) is 8.25. The molecular weight excluding hydrogens is 214 g/mol. The molecule has 0 amide bonds. The molecular formula is C10H6F2N4. The van der Waals surface area contributed by atoms with E-state index in [9.17, 15) is 8.78 Å². The van der Waals surface area contributed by atoms with Crippen LogP contribution in [-0.4, -0.2) is 5.71 Å². The number of anilines is 1. The molecule has 0 radical (unpaired) electrons. The van der Waals surface area contributed by atoms with E-state index in [0.29, 0.717) is 0 Å². The second-order valence-corrected chi connectivity index (χ2v) is 2.86. The van der Waals surface area contributed by atoms with Gasteiger partial charge in [-0.25, -0.2) is 8.78 Å². The summed E-state index contributed by atoms with van der Waals surface area (Å²) in [5.74, 6) is -1.50. The standard InChI is InChI=1S/C10H6F2N4/c1-6-9(12)2-7(11)3-10(6)16-15-8(4-13)5-14/h2-3,16H,1H3. The van der Waals surface area contributed by atoms with Crippen LogP contribution < -0.4 is 5.43 Å². The SMILES string of the molecule is Cc1c(F)cc(F)cc1NN=C(C#N)C#N. The van der Waals surface area contributed by atoms with Crippen LogP contribution >= 0.6 is 0 Å². The number of benzene rings is 1. The molecule has 80 valence electrons. The third-order valence-corrected chi connectivity index (χ3v) is 1.81. The van der Waals surface area contributed by atoms with Gasteiger partial charge in [0.2, 0.25) is 5.71 Å².